The molecular formula is C15H16ClNS. The topological polar surface area (TPSA) is 26.0 Å². The van der Waals surface area contributed by atoms with E-state index in [0.29, 0.717) is 0 Å². The molecule has 2 N–H and O–H groups in total. The molecule has 0 atom stereocenters. The summed E-state index contributed by atoms with van der Waals surface area (Å²) in [4.78, 5) is 1.29. The van der Waals surface area contributed by atoms with Crippen LogP contribution in [-0.2, 0) is 5.75 Å². The van der Waals surface area contributed by atoms with Crippen molar-refractivity contribution in [3.63, 3.8) is 0 Å². The van der Waals surface area contributed by atoms with Gasteiger partial charge in [0, 0.05) is 26.9 Å². The molecule has 3 heteroatoms. The van der Waals surface area contributed by atoms with Gasteiger partial charge in [0.25, 0.3) is 0 Å². The zero-order chi connectivity index (χ0) is 13.1. The van der Waals surface area contributed by atoms with Crippen LogP contribution in [0, 0.1) is 13.8 Å². The molecule has 2 aromatic rings. The summed E-state index contributed by atoms with van der Waals surface area (Å²) in [5.41, 5.74) is 10.3. The Morgan fingerprint density at radius 1 is 1.17 bits per heavy atom. The van der Waals surface area contributed by atoms with E-state index < -0.39 is 0 Å². The zero-order valence-electron chi connectivity index (χ0n) is 10.5. The third-order valence-corrected chi connectivity index (χ3v) is 4.41. The summed E-state index contributed by atoms with van der Waals surface area (Å²) in [6.45, 7) is 4.23. The second kappa shape index (κ2) is 5.68. The maximum Gasteiger partial charge on any atom is 0.0467 e. The van der Waals surface area contributed by atoms with Crippen molar-refractivity contribution in [2.75, 3.05) is 5.73 Å². The second-order valence-electron chi connectivity index (χ2n) is 4.37. The van der Waals surface area contributed by atoms with E-state index in [2.05, 4.69) is 32.0 Å². The predicted octanol–water partition coefficient (Wildman–Crippen LogP) is 4.83. The van der Waals surface area contributed by atoms with Crippen LogP contribution in [0.4, 0.5) is 5.69 Å². The van der Waals surface area contributed by atoms with E-state index in [1.54, 1.807) is 11.8 Å². The summed E-state index contributed by atoms with van der Waals surface area (Å²) < 4.78 is 0. The van der Waals surface area contributed by atoms with Gasteiger partial charge in [-0.1, -0.05) is 35.4 Å². The monoisotopic (exact) mass is 277 g/mol. The summed E-state index contributed by atoms with van der Waals surface area (Å²) in [6, 6.07) is 12.1. The highest BCUT2D eigenvalue weighted by Crippen LogP contribution is 2.32. The van der Waals surface area contributed by atoms with Crippen molar-refractivity contribution in [3.8, 4) is 0 Å². The summed E-state index contributed by atoms with van der Waals surface area (Å²) in [6.07, 6.45) is 0. The van der Waals surface area contributed by atoms with E-state index in [0.717, 1.165) is 22.0 Å². The molecule has 18 heavy (non-hydrogen) atoms. The fourth-order valence-electron chi connectivity index (χ4n) is 1.74. The molecule has 1 nitrogen and oxygen atoms in total. The number of halogens is 1. The normalized spacial score (nSPS) is 10.6. The van der Waals surface area contributed by atoms with Gasteiger partial charge in [-0.2, -0.15) is 0 Å². The SMILES string of the molecule is Cc1ccc(C)c(SCc2c(N)cccc2Cl)c1. The second-order valence-corrected chi connectivity index (χ2v) is 5.79. The van der Waals surface area contributed by atoms with E-state index in [1.807, 2.05) is 18.2 Å². The molecule has 0 saturated carbocycles. The fraction of sp³-hybridized carbons (Fsp3) is 0.200. The van der Waals surface area contributed by atoms with E-state index in [9.17, 15) is 0 Å². The van der Waals surface area contributed by atoms with Gasteiger partial charge in [0.1, 0.15) is 0 Å². The fourth-order valence-corrected chi connectivity index (χ4v) is 3.26. The molecule has 0 unspecified atom stereocenters. The van der Waals surface area contributed by atoms with Gasteiger partial charge in [0.2, 0.25) is 0 Å². The largest absolute Gasteiger partial charge is 0.398 e. The van der Waals surface area contributed by atoms with Gasteiger partial charge >= 0.3 is 0 Å². The summed E-state index contributed by atoms with van der Waals surface area (Å²) in [7, 11) is 0. The maximum atomic E-state index is 6.17. The van der Waals surface area contributed by atoms with E-state index in [-0.39, 0.29) is 0 Å². The van der Waals surface area contributed by atoms with Crippen LogP contribution >= 0.6 is 23.4 Å². The Hall–Kier alpha value is -1.12. The number of thioether (sulfide) groups is 1. The number of rotatable bonds is 3. The zero-order valence-corrected chi connectivity index (χ0v) is 12.1. The van der Waals surface area contributed by atoms with Crippen LogP contribution in [0.1, 0.15) is 16.7 Å². The number of benzene rings is 2. The van der Waals surface area contributed by atoms with Crippen molar-refractivity contribution in [1.82, 2.24) is 0 Å². The number of nitrogens with two attached hydrogens (primary N) is 1. The first kappa shape index (κ1) is 13.3. The van der Waals surface area contributed by atoms with Crippen molar-refractivity contribution in [1.29, 1.82) is 0 Å². The van der Waals surface area contributed by atoms with E-state index in [4.69, 9.17) is 17.3 Å². The number of anilines is 1. The Morgan fingerprint density at radius 2 is 1.94 bits per heavy atom. The first-order valence-electron chi connectivity index (χ1n) is 5.81. The molecule has 0 saturated heterocycles. The number of aryl methyl sites for hydroxylation is 2. The van der Waals surface area contributed by atoms with Gasteiger partial charge in [0.05, 0.1) is 0 Å². The Balaban J connectivity index is 2.19. The molecule has 0 aliphatic carbocycles. The van der Waals surface area contributed by atoms with Gasteiger partial charge in [-0.15, -0.1) is 11.8 Å². The van der Waals surface area contributed by atoms with Crippen molar-refractivity contribution in [2.45, 2.75) is 24.5 Å². The molecular weight excluding hydrogens is 262 g/mol. The van der Waals surface area contributed by atoms with E-state index in [1.165, 1.54) is 16.0 Å². The molecule has 0 aliphatic rings. The van der Waals surface area contributed by atoms with Crippen molar-refractivity contribution in [2.24, 2.45) is 0 Å². The first-order valence-corrected chi connectivity index (χ1v) is 7.17. The Labute approximate surface area is 117 Å². The molecule has 94 valence electrons. The molecule has 0 spiro atoms. The third kappa shape index (κ3) is 3.01. The summed E-state index contributed by atoms with van der Waals surface area (Å²) in [5, 5.41) is 0.743. The van der Waals surface area contributed by atoms with Crippen LogP contribution in [0.25, 0.3) is 0 Å². The number of hydrogen-bond acceptors (Lipinski definition) is 2. The third-order valence-electron chi connectivity index (χ3n) is 2.87. The minimum Gasteiger partial charge on any atom is -0.398 e. The van der Waals surface area contributed by atoms with Crippen LogP contribution in [-0.4, -0.2) is 0 Å². The molecule has 0 radical (unpaired) electrons. The standard InChI is InChI=1S/C15H16ClNS/c1-10-6-7-11(2)15(8-10)18-9-12-13(16)4-3-5-14(12)17/h3-8H,9,17H2,1-2H3. The molecule has 0 aliphatic heterocycles. The lowest BCUT2D eigenvalue weighted by Gasteiger charge is -2.10. The highest BCUT2D eigenvalue weighted by Gasteiger charge is 2.06. The Morgan fingerprint density at radius 3 is 2.67 bits per heavy atom. The highest BCUT2D eigenvalue weighted by atomic mass is 35.5. The van der Waals surface area contributed by atoms with Gasteiger partial charge < -0.3 is 5.73 Å². The quantitative estimate of drug-likeness (QED) is 0.642. The van der Waals surface area contributed by atoms with Gasteiger partial charge in [-0.25, -0.2) is 0 Å². The molecule has 2 rings (SSSR count). The van der Waals surface area contributed by atoms with Crippen LogP contribution < -0.4 is 5.73 Å². The molecule has 0 aromatic heterocycles. The predicted molar refractivity (Wildman–Crippen MR) is 81.3 cm³/mol. The molecule has 0 bridgehead atoms. The lowest BCUT2D eigenvalue weighted by molar-refractivity contribution is 1.25. The Bertz CT molecular complexity index is 546. The highest BCUT2D eigenvalue weighted by molar-refractivity contribution is 7.98. The minimum atomic E-state index is 0.743. The van der Waals surface area contributed by atoms with Gasteiger partial charge in [-0.3, -0.25) is 0 Å². The summed E-state index contributed by atoms with van der Waals surface area (Å²) in [5.74, 6) is 0.801. The van der Waals surface area contributed by atoms with Crippen LogP contribution in [0.2, 0.25) is 5.02 Å². The van der Waals surface area contributed by atoms with Crippen LogP contribution in [0.15, 0.2) is 41.3 Å². The average molecular weight is 278 g/mol. The van der Waals surface area contributed by atoms with Gasteiger partial charge in [0.15, 0.2) is 0 Å². The minimum absolute atomic E-state index is 0.743. The van der Waals surface area contributed by atoms with Crippen LogP contribution in [0.5, 0.6) is 0 Å². The molecule has 0 heterocycles. The van der Waals surface area contributed by atoms with E-state index >= 15 is 0 Å². The number of hydrogen-bond donors (Lipinski definition) is 1. The Kier molecular flexibility index (Phi) is 4.20. The molecule has 0 fully saturated rings. The van der Waals surface area contributed by atoms with Crippen molar-refractivity contribution < 1.29 is 0 Å². The van der Waals surface area contributed by atoms with Crippen molar-refractivity contribution >= 4 is 29.1 Å². The lowest BCUT2D eigenvalue weighted by atomic mass is 10.2. The van der Waals surface area contributed by atoms with Crippen LogP contribution in [0.3, 0.4) is 0 Å². The maximum absolute atomic E-state index is 6.17. The first-order chi connectivity index (χ1) is 8.58. The molecule has 2 aromatic carbocycles. The van der Waals surface area contributed by atoms with Gasteiger partial charge in [-0.05, 0) is 37.6 Å². The van der Waals surface area contributed by atoms with Crippen molar-refractivity contribution in [3.05, 3.63) is 58.1 Å². The lowest BCUT2D eigenvalue weighted by Crippen LogP contribution is -1.93. The average Bonchev–Trinajstić information content (AvgIpc) is 2.33. The molecule has 0 amide bonds. The number of nitrogen functional groups attached to an aromatic ring is 1. The smallest absolute Gasteiger partial charge is 0.0467 e. The summed E-state index contributed by atoms with van der Waals surface area (Å²) >= 11 is 7.95.